The van der Waals surface area contributed by atoms with E-state index < -0.39 is 0 Å². The van der Waals surface area contributed by atoms with Gasteiger partial charge in [0.15, 0.2) is 0 Å². The van der Waals surface area contributed by atoms with Crippen molar-refractivity contribution >= 4 is 11.3 Å². The Bertz CT molecular complexity index is 180. The molecule has 0 nitrogen and oxygen atoms in total. The fraction of sp³-hybridized carbons (Fsp3) is 0.375. The highest BCUT2D eigenvalue weighted by molar-refractivity contribution is 7.10. The largest absolute Gasteiger partial charge is 0.149 e. The van der Waals surface area contributed by atoms with Gasteiger partial charge >= 0.3 is 0 Å². The quantitative estimate of drug-likeness (QED) is 0.515. The highest BCUT2D eigenvalue weighted by Gasteiger charge is 2.08. The molecule has 1 heteroatoms. The molecule has 0 saturated carbocycles. The first-order valence-electron chi connectivity index (χ1n) is 3.34. The smallest absolute Gasteiger partial charge is 0.00800 e. The van der Waals surface area contributed by atoms with Crippen molar-refractivity contribution < 1.29 is 0 Å². The number of hydrogen-bond donors (Lipinski definition) is 0. The summed E-state index contributed by atoms with van der Waals surface area (Å²) in [6, 6.07) is 2.26. The van der Waals surface area contributed by atoms with Crippen LogP contribution in [0.4, 0.5) is 0 Å². The molecule has 0 aromatic carbocycles. The molecule has 0 atom stereocenters. The van der Waals surface area contributed by atoms with Gasteiger partial charge in [0.05, 0.1) is 0 Å². The van der Waals surface area contributed by atoms with Crippen molar-refractivity contribution in [3.63, 3.8) is 0 Å². The fourth-order valence-electron chi connectivity index (χ4n) is 1.26. The Hall–Kier alpha value is -0.300. The molecule has 1 radical (unpaired) electrons. The van der Waals surface area contributed by atoms with Crippen LogP contribution in [0, 0.1) is 6.42 Å². The van der Waals surface area contributed by atoms with Crippen LogP contribution in [0.2, 0.25) is 0 Å². The van der Waals surface area contributed by atoms with E-state index in [2.05, 4.69) is 17.9 Å². The summed E-state index contributed by atoms with van der Waals surface area (Å²) in [5.41, 5.74) is 1.59. The van der Waals surface area contributed by atoms with Gasteiger partial charge in [0, 0.05) is 4.88 Å². The van der Waals surface area contributed by atoms with Gasteiger partial charge in [0.1, 0.15) is 0 Å². The van der Waals surface area contributed by atoms with E-state index in [4.69, 9.17) is 0 Å². The maximum Gasteiger partial charge on any atom is 0.00800 e. The molecule has 1 heterocycles. The summed E-state index contributed by atoms with van der Waals surface area (Å²) in [5, 5.41) is 2.20. The van der Waals surface area contributed by atoms with Crippen LogP contribution < -0.4 is 0 Å². The van der Waals surface area contributed by atoms with Crippen molar-refractivity contribution in [3.05, 3.63) is 28.3 Å². The Labute approximate surface area is 59.5 Å². The van der Waals surface area contributed by atoms with Crippen molar-refractivity contribution in [1.29, 1.82) is 0 Å². The molecule has 0 unspecified atom stereocenters. The van der Waals surface area contributed by atoms with E-state index in [0.29, 0.717) is 0 Å². The normalized spacial score (nSPS) is 17.3. The number of rotatable bonds is 0. The van der Waals surface area contributed by atoms with Gasteiger partial charge in [-0.2, -0.15) is 0 Å². The fourth-order valence-corrected chi connectivity index (χ4v) is 2.19. The molecule has 0 N–H and O–H groups in total. The van der Waals surface area contributed by atoms with Gasteiger partial charge in [0.25, 0.3) is 0 Å². The van der Waals surface area contributed by atoms with Crippen molar-refractivity contribution in [2.24, 2.45) is 0 Å². The Balaban J connectivity index is 2.39. The molecule has 47 valence electrons. The lowest BCUT2D eigenvalue weighted by Crippen LogP contribution is -1.97. The Kier molecular flexibility index (Phi) is 1.31. The lowest BCUT2D eigenvalue weighted by atomic mass is 10.00. The second-order valence-electron chi connectivity index (χ2n) is 2.40. The molecule has 0 bridgehead atoms. The van der Waals surface area contributed by atoms with Crippen LogP contribution in [-0.2, 0) is 12.8 Å². The van der Waals surface area contributed by atoms with Gasteiger partial charge in [-0.15, -0.1) is 11.3 Å². The molecular formula is C8H9S. The standard InChI is InChI=1S/C8H9S/c1-2-4-8-7(3-1)5-6-9-8/h2,5-6H,1,3-4H2. The summed E-state index contributed by atoms with van der Waals surface area (Å²) in [6.07, 6.45) is 6.15. The van der Waals surface area contributed by atoms with Gasteiger partial charge in [-0.25, -0.2) is 0 Å². The monoisotopic (exact) mass is 137 g/mol. The molecule has 0 saturated heterocycles. The lowest BCUT2D eigenvalue weighted by Gasteiger charge is -2.08. The minimum atomic E-state index is 1.22. The van der Waals surface area contributed by atoms with Crippen LogP contribution in [0.3, 0.4) is 0 Å². The Morgan fingerprint density at radius 1 is 1.44 bits per heavy atom. The average molecular weight is 137 g/mol. The van der Waals surface area contributed by atoms with Gasteiger partial charge < -0.3 is 0 Å². The number of hydrogen-bond acceptors (Lipinski definition) is 1. The first kappa shape index (κ1) is 5.48. The van der Waals surface area contributed by atoms with Gasteiger partial charge in [-0.1, -0.05) is 0 Å². The zero-order valence-corrected chi connectivity index (χ0v) is 6.08. The van der Waals surface area contributed by atoms with Crippen molar-refractivity contribution in [2.45, 2.75) is 19.3 Å². The van der Waals surface area contributed by atoms with Crippen LogP contribution in [-0.4, -0.2) is 0 Å². The van der Waals surface area contributed by atoms with Crippen LogP contribution in [0.25, 0.3) is 0 Å². The first-order valence-corrected chi connectivity index (χ1v) is 4.22. The van der Waals surface area contributed by atoms with E-state index >= 15 is 0 Å². The van der Waals surface area contributed by atoms with Crippen LogP contribution in [0.15, 0.2) is 11.4 Å². The SMILES string of the molecule is [CH]1CCc2ccsc2C1. The number of fused-ring (bicyclic) bond motifs is 1. The molecule has 0 fully saturated rings. The summed E-state index contributed by atoms with van der Waals surface area (Å²) in [4.78, 5) is 1.58. The summed E-state index contributed by atoms with van der Waals surface area (Å²) in [7, 11) is 0. The van der Waals surface area contributed by atoms with Crippen molar-refractivity contribution in [2.75, 3.05) is 0 Å². The first-order chi connectivity index (χ1) is 4.47. The maximum atomic E-state index is 2.37. The van der Waals surface area contributed by atoms with Gasteiger partial charge in [-0.3, -0.25) is 0 Å². The molecule has 1 aliphatic rings. The van der Waals surface area contributed by atoms with E-state index in [1.54, 1.807) is 10.4 Å². The summed E-state index contributed by atoms with van der Waals surface area (Å²) in [6.45, 7) is 0. The second kappa shape index (κ2) is 2.14. The molecule has 0 aliphatic heterocycles. The van der Waals surface area contributed by atoms with Gasteiger partial charge in [-0.05, 0) is 42.7 Å². The van der Waals surface area contributed by atoms with E-state index in [9.17, 15) is 0 Å². The predicted octanol–water partition coefficient (Wildman–Crippen LogP) is 2.44. The molecular weight excluding hydrogens is 128 g/mol. The zero-order valence-electron chi connectivity index (χ0n) is 5.26. The summed E-state index contributed by atoms with van der Waals surface area (Å²) >= 11 is 1.89. The molecule has 9 heavy (non-hydrogen) atoms. The van der Waals surface area contributed by atoms with Gasteiger partial charge in [0.2, 0.25) is 0 Å². The number of thiophene rings is 1. The summed E-state index contributed by atoms with van der Waals surface area (Å²) < 4.78 is 0. The maximum absolute atomic E-state index is 2.37. The van der Waals surface area contributed by atoms with Crippen LogP contribution in [0.1, 0.15) is 16.9 Å². The van der Waals surface area contributed by atoms with E-state index in [0.717, 1.165) is 0 Å². The van der Waals surface area contributed by atoms with Crippen molar-refractivity contribution in [1.82, 2.24) is 0 Å². The second-order valence-corrected chi connectivity index (χ2v) is 3.40. The van der Waals surface area contributed by atoms with Crippen LogP contribution >= 0.6 is 11.3 Å². The Morgan fingerprint density at radius 2 is 2.44 bits per heavy atom. The molecule has 1 aromatic rings. The molecule has 2 rings (SSSR count). The highest BCUT2D eigenvalue weighted by atomic mass is 32.1. The molecule has 1 aromatic heterocycles. The minimum absolute atomic E-state index is 1.22. The molecule has 0 spiro atoms. The zero-order chi connectivity index (χ0) is 6.10. The van der Waals surface area contributed by atoms with E-state index in [-0.39, 0.29) is 0 Å². The highest BCUT2D eigenvalue weighted by Crippen LogP contribution is 2.24. The third-order valence-corrected chi connectivity index (χ3v) is 2.77. The van der Waals surface area contributed by atoms with Crippen LogP contribution in [0.5, 0.6) is 0 Å². The number of aryl methyl sites for hydroxylation is 1. The van der Waals surface area contributed by atoms with E-state index in [1.807, 2.05) is 11.3 Å². The average Bonchev–Trinajstić information content (AvgIpc) is 2.33. The Morgan fingerprint density at radius 3 is 3.33 bits per heavy atom. The molecule has 1 aliphatic carbocycles. The third kappa shape index (κ3) is 0.897. The van der Waals surface area contributed by atoms with Crippen molar-refractivity contribution in [3.8, 4) is 0 Å². The predicted molar refractivity (Wildman–Crippen MR) is 40.6 cm³/mol. The van der Waals surface area contributed by atoms with E-state index in [1.165, 1.54) is 19.3 Å². The topological polar surface area (TPSA) is 0 Å². The minimum Gasteiger partial charge on any atom is -0.149 e. The third-order valence-electron chi connectivity index (χ3n) is 1.79. The lowest BCUT2D eigenvalue weighted by molar-refractivity contribution is 0.846. The molecule has 0 amide bonds. The summed E-state index contributed by atoms with van der Waals surface area (Å²) in [5.74, 6) is 0.